The molecule has 1 aromatic heterocycles. The number of hydrogen-bond acceptors (Lipinski definition) is 3. The van der Waals surface area contributed by atoms with Crippen LogP contribution in [0, 0.1) is 5.92 Å². The number of rotatable bonds is 9. The van der Waals surface area contributed by atoms with Gasteiger partial charge in [0, 0.05) is 37.9 Å². The molecule has 0 bridgehead atoms. The molecule has 0 aliphatic heterocycles. The van der Waals surface area contributed by atoms with Crippen LogP contribution in [0.5, 0.6) is 0 Å². The van der Waals surface area contributed by atoms with E-state index >= 15 is 0 Å². The van der Waals surface area contributed by atoms with Crippen LogP contribution in [0.15, 0.2) is 47.7 Å². The Bertz CT molecular complexity index is 672. The van der Waals surface area contributed by atoms with Gasteiger partial charge in [0.15, 0.2) is 5.96 Å². The maximum Gasteiger partial charge on any atom is 0.191 e. The van der Waals surface area contributed by atoms with Gasteiger partial charge in [-0.25, -0.2) is 9.98 Å². The summed E-state index contributed by atoms with van der Waals surface area (Å²) in [7, 11) is 0. The van der Waals surface area contributed by atoms with E-state index in [9.17, 15) is 5.11 Å². The topological polar surface area (TPSA) is 74.5 Å². The third kappa shape index (κ3) is 7.88. The molecule has 1 atom stereocenters. The van der Waals surface area contributed by atoms with E-state index in [-0.39, 0.29) is 36.5 Å². The van der Waals surface area contributed by atoms with Gasteiger partial charge in [-0.2, -0.15) is 0 Å². The Morgan fingerprint density at radius 3 is 2.59 bits per heavy atom. The molecule has 2 aromatic rings. The minimum absolute atomic E-state index is 0. The van der Waals surface area contributed by atoms with Crippen molar-refractivity contribution in [2.45, 2.75) is 39.8 Å². The molecule has 0 aliphatic rings. The van der Waals surface area contributed by atoms with Crippen LogP contribution in [0.4, 0.5) is 0 Å². The lowest BCUT2D eigenvalue weighted by Gasteiger charge is -2.18. The molecule has 0 radical (unpaired) electrons. The first-order chi connectivity index (χ1) is 12.6. The SMILES string of the molecule is CCNC(=NCc1nccn1CC(C)C)NCC(CO)c1ccccc1.I. The van der Waals surface area contributed by atoms with Crippen LogP contribution < -0.4 is 10.6 Å². The number of halogens is 1. The number of nitrogens with zero attached hydrogens (tertiary/aromatic N) is 3. The van der Waals surface area contributed by atoms with Gasteiger partial charge in [-0.15, -0.1) is 24.0 Å². The molecule has 3 N–H and O–H groups in total. The molecule has 0 spiro atoms. The second-order valence-corrected chi connectivity index (χ2v) is 6.76. The van der Waals surface area contributed by atoms with Gasteiger partial charge in [-0.05, 0) is 18.4 Å². The summed E-state index contributed by atoms with van der Waals surface area (Å²) in [5, 5.41) is 16.3. The van der Waals surface area contributed by atoms with Crippen LogP contribution in [-0.4, -0.2) is 40.3 Å². The maximum absolute atomic E-state index is 9.71. The number of nitrogens with one attached hydrogen (secondary N) is 2. The molecule has 1 aromatic carbocycles. The third-order valence-electron chi connectivity index (χ3n) is 4.09. The molecular formula is C20H32IN5O. The number of benzene rings is 1. The first kappa shape index (κ1) is 23.4. The molecule has 27 heavy (non-hydrogen) atoms. The third-order valence-corrected chi connectivity index (χ3v) is 4.09. The Labute approximate surface area is 179 Å². The molecule has 0 aliphatic carbocycles. The van der Waals surface area contributed by atoms with Gasteiger partial charge >= 0.3 is 0 Å². The molecule has 7 heteroatoms. The first-order valence-electron chi connectivity index (χ1n) is 9.32. The number of aliphatic hydroxyl groups is 1. The summed E-state index contributed by atoms with van der Waals surface area (Å²) < 4.78 is 2.15. The van der Waals surface area contributed by atoms with Crippen molar-refractivity contribution in [3.05, 3.63) is 54.1 Å². The molecule has 0 saturated heterocycles. The lowest BCUT2D eigenvalue weighted by Crippen LogP contribution is -2.40. The van der Waals surface area contributed by atoms with E-state index in [0.717, 1.165) is 30.4 Å². The van der Waals surface area contributed by atoms with Gasteiger partial charge in [0.25, 0.3) is 0 Å². The molecule has 2 rings (SSSR count). The predicted octanol–water partition coefficient (Wildman–Crippen LogP) is 2.99. The molecule has 150 valence electrons. The Morgan fingerprint density at radius 1 is 1.22 bits per heavy atom. The van der Waals surface area contributed by atoms with Gasteiger partial charge in [0.1, 0.15) is 12.4 Å². The summed E-state index contributed by atoms with van der Waals surface area (Å²) in [6.45, 7) is 9.37. The van der Waals surface area contributed by atoms with E-state index in [1.54, 1.807) is 0 Å². The highest BCUT2D eigenvalue weighted by Crippen LogP contribution is 2.13. The monoisotopic (exact) mass is 485 g/mol. The molecule has 0 saturated carbocycles. The van der Waals surface area contributed by atoms with Crippen LogP contribution in [0.25, 0.3) is 0 Å². The zero-order valence-corrected chi connectivity index (χ0v) is 18.8. The Kier molecular flexibility index (Phi) is 11.0. The second-order valence-electron chi connectivity index (χ2n) is 6.76. The van der Waals surface area contributed by atoms with Crippen LogP contribution in [-0.2, 0) is 13.1 Å². The normalized spacial score (nSPS) is 12.6. The largest absolute Gasteiger partial charge is 0.396 e. The van der Waals surface area contributed by atoms with Crippen molar-refractivity contribution in [3.63, 3.8) is 0 Å². The molecule has 1 heterocycles. The number of aliphatic hydroxyl groups excluding tert-OH is 1. The first-order valence-corrected chi connectivity index (χ1v) is 9.32. The Balaban J connectivity index is 0.00000364. The van der Waals surface area contributed by atoms with Gasteiger partial charge < -0.3 is 20.3 Å². The van der Waals surface area contributed by atoms with Gasteiger partial charge in [0.05, 0.1) is 6.61 Å². The van der Waals surface area contributed by atoms with Crippen molar-refractivity contribution in [2.24, 2.45) is 10.9 Å². The van der Waals surface area contributed by atoms with Crippen molar-refractivity contribution >= 4 is 29.9 Å². The number of imidazole rings is 1. The number of aliphatic imine (C=N–C) groups is 1. The zero-order valence-electron chi connectivity index (χ0n) is 16.4. The van der Waals surface area contributed by atoms with Crippen molar-refractivity contribution < 1.29 is 5.11 Å². The number of guanidine groups is 1. The molecule has 1 unspecified atom stereocenters. The van der Waals surface area contributed by atoms with E-state index in [0.29, 0.717) is 19.0 Å². The Hall–Kier alpha value is -1.61. The summed E-state index contributed by atoms with van der Waals surface area (Å²) in [6, 6.07) is 10.0. The minimum Gasteiger partial charge on any atom is -0.396 e. The van der Waals surface area contributed by atoms with Crippen molar-refractivity contribution in [1.29, 1.82) is 0 Å². The molecule has 0 fully saturated rings. The second kappa shape index (κ2) is 12.7. The highest BCUT2D eigenvalue weighted by molar-refractivity contribution is 14.0. The summed E-state index contributed by atoms with van der Waals surface area (Å²) in [4.78, 5) is 9.07. The van der Waals surface area contributed by atoms with Crippen molar-refractivity contribution in [3.8, 4) is 0 Å². The van der Waals surface area contributed by atoms with Crippen LogP contribution in [0.3, 0.4) is 0 Å². The van der Waals surface area contributed by atoms with Crippen LogP contribution in [0.2, 0.25) is 0 Å². The van der Waals surface area contributed by atoms with E-state index < -0.39 is 0 Å². The highest BCUT2D eigenvalue weighted by atomic mass is 127. The highest BCUT2D eigenvalue weighted by Gasteiger charge is 2.11. The summed E-state index contributed by atoms with van der Waals surface area (Å²) in [5.41, 5.74) is 1.12. The van der Waals surface area contributed by atoms with Gasteiger partial charge in [0.2, 0.25) is 0 Å². The average Bonchev–Trinajstić information content (AvgIpc) is 3.07. The fourth-order valence-electron chi connectivity index (χ4n) is 2.78. The fourth-order valence-corrected chi connectivity index (χ4v) is 2.78. The van der Waals surface area contributed by atoms with E-state index in [1.807, 2.05) is 49.6 Å². The molecule has 6 nitrogen and oxygen atoms in total. The fraction of sp³-hybridized carbons (Fsp3) is 0.500. The maximum atomic E-state index is 9.71. The number of aromatic nitrogens is 2. The van der Waals surface area contributed by atoms with Crippen molar-refractivity contribution in [2.75, 3.05) is 19.7 Å². The quantitative estimate of drug-likeness (QED) is 0.290. The minimum atomic E-state index is 0. The summed E-state index contributed by atoms with van der Waals surface area (Å²) in [5.74, 6) is 2.29. The zero-order chi connectivity index (χ0) is 18.8. The van der Waals surface area contributed by atoms with Gasteiger partial charge in [-0.3, -0.25) is 0 Å². The van der Waals surface area contributed by atoms with Crippen molar-refractivity contribution in [1.82, 2.24) is 20.2 Å². The Morgan fingerprint density at radius 2 is 1.96 bits per heavy atom. The van der Waals surface area contributed by atoms with Crippen LogP contribution >= 0.6 is 24.0 Å². The number of hydrogen-bond donors (Lipinski definition) is 3. The molecule has 0 amide bonds. The lowest BCUT2D eigenvalue weighted by molar-refractivity contribution is 0.265. The predicted molar refractivity (Wildman–Crippen MR) is 122 cm³/mol. The van der Waals surface area contributed by atoms with E-state index in [1.165, 1.54) is 0 Å². The van der Waals surface area contributed by atoms with Gasteiger partial charge in [-0.1, -0.05) is 44.2 Å². The van der Waals surface area contributed by atoms with Crippen LogP contribution in [0.1, 0.15) is 38.1 Å². The molecular weight excluding hydrogens is 453 g/mol. The summed E-state index contributed by atoms with van der Waals surface area (Å²) in [6.07, 6.45) is 3.83. The lowest BCUT2D eigenvalue weighted by atomic mass is 10.0. The standard InChI is InChI=1S/C20H31N5O.HI/c1-4-21-20(23-12-18(15-26)17-8-6-5-7-9-17)24-13-19-22-10-11-25(19)14-16(2)3;/h5-11,16,18,26H,4,12-15H2,1-3H3,(H2,21,23,24);1H. The van der Waals surface area contributed by atoms with E-state index in [2.05, 4.69) is 39.0 Å². The smallest absolute Gasteiger partial charge is 0.191 e. The summed E-state index contributed by atoms with van der Waals surface area (Å²) >= 11 is 0. The van der Waals surface area contributed by atoms with E-state index in [4.69, 9.17) is 0 Å². The average molecular weight is 485 g/mol.